The van der Waals surface area contributed by atoms with Crippen LogP contribution in [0.2, 0.25) is 0 Å². The number of rotatable bonds is 5. The maximum Gasteiger partial charge on any atom is 0.401 e. The summed E-state index contributed by atoms with van der Waals surface area (Å²) in [6.07, 6.45) is -0.0308. The van der Waals surface area contributed by atoms with E-state index in [1.54, 1.807) is 0 Å². The largest absolute Gasteiger partial charge is 0.401 e. The zero-order chi connectivity index (χ0) is 16.1. The summed E-state index contributed by atoms with van der Waals surface area (Å²) in [5, 5.41) is 2.85. The van der Waals surface area contributed by atoms with Crippen LogP contribution < -0.4 is 5.32 Å². The van der Waals surface area contributed by atoms with Crippen molar-refractivity contribution in [2.75, 3.05) is 26.7 Å². The van der Waals surface area contributed by atoms with Crippen LogP contribution in [0, 0.1) is 0 Å². The van der Waals surface area contributed by atoms with E-state index in [0.717, 1.165) is 17.7 Å². The zero-order valence-electron chi connectivity index (χ0n) is 12.7. The number of carbonyl (C=O) groups excluding carboxylic acids is 1. The van der Waals surface area contributed by atoms with Gasteiger partial charge in [0.05, 0.1) is 12.1 Å². The smallest absolute Gasteiger partial charge is 0.375 e. The predicted molar refractivity (Wildman–Crippen MR) is 73.9 cm³/mol. The van der Waals surface area contributed by atoms with Gasteiger partial charge in [0.2, 0.25) is 5.91 Å². The van der Waals surface area contributed by atoms with Gasteiger partial charge in [-0.15, -0.1) is 0 Å². The van der Waals surface area contributed by atoms with Crippen molar-refractivity contribution < 1.29 is 22.7 Å². The summed E-state index contributed by atoms with van der Waals surface area (Å²) in [6.45, 7) is 3.61. The molecule has 0 aromatic carbocycles. The lowest BCUT2D eigenvalue weighted by atomic mass is 9.94. The Balaban J connectivity index is 2.31. The van der Waals surface area contributed by atoms with Crippen molar-refractivity contribution in [1.82, 2.24) is 10.2 Å². The Morgan fingerprint density at radius 1 is 1.48 bits per heavy atom. The topological polar surface area (TPSA) is 41.6 Å². The first-order chi connectivity index (χ1) is 9.57. The number of nitrogens with zero attached hydrogens (tertiary/aromatic N) is 1. The van der Waals surface area contributed by atoms with Gasteiger partial charge in [-0.1, -0.05) is 6.08 Å². The molecule has 122 valence electrons. The van der Waals surface area contributed by atoms with Crippen molar-refractivity contribution in [1.29, 1.82) is 0 Å². The summed E-state index contributed by atoms with van der Waals surface area (Å²) in [5.41, 5.74) is -0.257. The van der Waals surface area contributed by atoms with Crippen LogP contribution in [0.4, 0.5) is 13.2 Å². The third-order valence-corrected chi connectivity index (χ3v) is 3.18. The Kier molecular flexibility index (Phi) is 6.22. The summed E-state index contributed by atoms with van der Waals surface area (Å²) in [5.74, 6) is -0.280. The Morgan fingerprint density at radius 3 is 2.71 bits per heavy atom. The van der Waals surface area contributed by atoms with E-state index in [0.29, 0.717) is 6.61 Å². The van der Waals surface area contributed by atoms with E-state index in [4.69, 9.17) is 4.74 Å². The Morgan fingerprint density at radius 2 is 2.14 bits per heavy atom. The van der Waals surface area contributed by atoms with Crippen LogP contribution in [-0.2, 0) is 9.53 Å². The molecule has 21 heavy (non-hydrogen) atoms. The van der Waals surface area contributed by atoms with Gasteiger partial charge in [0.1, 0.15) is 0 Å². The average molecular weight is 308 g/mol. The fourth-order valence-electron chi connectivity index (χ4n) is 2.31. The highest BCUT2D eigenvalue weighted by molar-refractivity contribution is 5.87. The molecule has 0 aromatic rings. The minimum atomic E-state index is -4.22. The summed E-state index contributed by atoms with van der Waals surface area (Å²) in [6, 6.07) is 0.0406. The second-order valence-corrected chi connectivity index (χ2v) is 6.02. The SMILES string of the molecule is CN(CC=CC(=O)NC1CCOC(C)(C)C1)CC(F)(F)F. The van der Waals surface area contributed by atoms with Gasteiger partial charge >= 0.3 is 6.18 Å². The van der Waals surface area contributed by atoms with Crippen molar-refractivity contribution >= 4 is 5.91 Å². The number of hydrogen-bond donors (Lipinski definition) is 1. The van der Waals surface area contributed by atoms with Gasteiger partial charge in [0.25, 0.3) is 0 Å². The van der Waals surface area contributed by atoms with Gasteiger partial charge in [-0.05, 0) is 33.7 Å². The molecule has 0 aromatic heterocycles. The van der Waals surface area contributed by atoms with Crippen molar-refractivity contribution in [2.24, 2.45) is 0 Å². The highest BCUT2D eigenvalue weighted by Gasteiger charge is 2.30. The first kappa shape index (κ1) is 18.0. The third kappa shape index (κ3) is 8.06. The summed E-state index contributed by atoms with van der Waals surface area (Å²) >= 11 is 0. The normalized spacial score (nSPS) is 22.7. The summed E-state index contributed by atoms with van der Waals surface area (Å²) in [4.78, 5) is 12.8. The molecule has 1 aliphatic heterocycles. The molecule has 1 amide bonds. The molecule has 0 saturated carbocycles. The number of carbonyl (C=O) groups is 1. The number of halogens is 3. The first-order valence-corrected chi connectivity index (χ1v) is 6.94. The molecule has 1 atom stereocenters. The lowest BCUT2D eigenvalue weighted by Gasteiger charge is -2.35. The van der Waals surface area contributed by atoms with E-state index in [2.05, 4.69) is 5.32 Å². The van der Waals surface area contributed by atoms with E-state index in [1.165, 1.54) is 19.2 Å². The van der Waals surface area contributed by atoms with Gasteiger partial charge in [-0.3, -0.25) is 9.69 Å². The number of ether oxygens (including phenoxy) is 1. The Bertz CT molecular complexity index is 381. The Labute approximate surface area is 123 Å². The maximum absolute atomic E-state index is 12.1. The van der Waals surface area contributed by atoms with Crippen LogP contribution in [0.5, 0.6) is 0 Å². The van der Waals surface area contributed by atoms with E-state index in [-0.39, 0.29) is 24.1 Å². The molecule has 0 bridgehead atoms. The molecule has 7 heteroatoms. The fourth-order valence-corrected chi connectivity index (χ4v) is 2.31. The number of hydrogen-bond acceptors (Lipinski definition) is 3. The molecule has 1 N–H and O–H groups in total. The highest BCUT2D eigenvalue weighted by Crippen LogP contribution is 2.23. The monoisotopic (exact) mass is 308 g/mol. The van der Waals surface area contributed by atoms with Crippen molar-refractivity contribution in [3.05, 3.63) is 12.2 Å². The van der Waals surface area contributed by atoms with Crippen molar-refractivity contribution in [3.63, 3.8) is 0 Å². The lowest BCUT2D eigenvalue weighted by molar-refractivity contribution is -0.141. The molecule has 1 saturated heterocycles. The van der Waals surface area contributed by atoms with Crippen LogP contribution in [0.1, 0.15) is 26.7 Å². The number of amides is 1. The van der Waals surface area contributed by atoms with Crippen LogP contribution in [0.25, 0.3) is 0 Å². The van der Waals surface area contributed by atoms with E-state index in [1.807, 2.05) is 13.8 Å². The molecular weight excluding hydrogens is 285 g/mol. The van der Waals surface area contributed by atoms with Crippen LogP contribution in [0.3, 0.4) is 0 Å². The van der Waals surface area contributed by atoms with Crippen LogP contribution in [-0.4, -0.2) is 55.4 Å². The van der Waals surface area contributed by atoms with E-state index in [9.17, 15) is 18.0 Å². The Hall–Kier alpha value is -1.08. The highest BCUT2D eigenvalue weighted by atomic mass is 19.4. The second-order valence-electron chi connectivity index (χ2n) is 6.02. The summed E-state index contributed by atoms with van der Waals surface area (Å²) < 4.78 is 41.9. The zero-order valence-corrected chi connectivity index (χ0v) is 12.7. The van der Waals surface area contributed by atoms with Crippen LogP contribution >= 0.6 is 0 Å². The molecule has 0 spiro atoms. The summed E-state index contributed by atoms with van der Waals surface area (Å²) in [7, 11) is 1.36. The van der Waals surface area contributed by atoms with Gasteiger partial charge in [-0.2, -0.15) is 13.2 Å². The number of nitrogens with one attached hydrogen (secondary N) is 1. The number of likely N-dealkylation sites (N-methyl/N-ethyl adjacent to an activating group) is 1. The molecule has 1 rings (SSSR count). The molecule has 1 fully saturated rings. The molecular formula is C14H23F3N2O2. The molecule has 1 aliphatic rings. The maximum atomic E-state index is 12.1. The van der Waals surface area contributed by atoms with Crippen LogP contribution in [0.15, 0.2) is 12.2 Å². The molecule has 1 unspecified atom stereocenters. The second kappa shape index (κ2) is 7.26. The minimum absolute atomic E-state index is 0.0406. The average Bonchev–Trinajstić information content (AvgIpc) is 2.24. The minimum Gasteiger partial charge on any atom is -0.375 e. The molecule has 0 aliphatic carbocycles. The van der Waals surface area contributed by atoms with Gasteiger partial charge in [-0.25, -0.2) is 0 Å². The molecule has 1 heterocycles. The molecule has 0 radical (unpaired) electrons. The standard InChI is InChI=1S/C14H23F3N2O2/c1-13(2)9-11(6-8-21-13)18-12(20)5-4-7-19(3)10-14(15,16)17/h4-5,11H,6-10H2,1-3H3,(H,18,20). The van der Waals surface area contributed by atoms with E-state index >= 15 is 0 Å². The van der Waals surface area contributed by atoms with Gasteiger partial charge in [0, 0.05) is 25.3 Å². The molecule has 4 nitrogen and oxygen atoms in total. The predicted octanol–water partition coefficient (Wildman–Crippen LogP) is 2.11. The number of alkyl halides is 3. The van der Waals surface area contributed by atoms with E-state index < -0.39 is 12.7 Å². The van der Waals surface area contributed by atoms with Gasteiger partial charge < -0.3 is 10.1 Å². The fraction of sp³-hybridized carbons (Fsp3) is 0.786. The third-order valence-electron chi connectivity index (χ3n) is 3.18. The van der Waals surface area contributed by atoms with Gasteiger partial charge in [0.15, 0.2) is 0 Å². The first-order valence-electron chi connectivity index (χ1n) is 6.94. The quantitative estimate of drug-likeness (QED) is 0.791. The van der Waals surface area contributed by atoms with Crippen molar-refractivity contribution in [2.45, 2.75) is 44.5 Å². The lowest BCUT2D eigenvalue weighted by Crippen LogP contribution is -2.45. The van der Waals surface area contributed by atoms with Crippen molar-refractivity contribution in [3.8, 4) is 0 Å².